The summed E-state index contributed by atoms with van der Waals surface area (Å²) in [6.45, 7) is 0. The molecule has 1 aromatic heterocycles. The van der Waals surface area contributed by atoms with Crippen molar-refractivity contribution in [3.63, 3.8) is 0 Å². The number of aliphatic hydroxyl groups is 1. The molecule has 2 unspecified atom stereocenters. The number of carbonyl (C=O) groups is 1. The number of aromatic nitrogens is 1. The number of benzene rings is 2. The Kier molecular flexibility index (Phi) is 6.75. The monoisotopic (exact) mass is 502 g/mol. The fourth-order valence-electron chi connectivity index (χ4n) is 3.84. The van der Waals surface area contributed by atoms with E-state index in [1.54, 1.807) is 18.2 Å². The Labute approximate surface area is 202 Å². The predicted octanol–water partition coefficient (Wildman–Crippen LogP) is 4.55. The van der Waals surface area contributed by atoms with Crippen LogP contribution < -0.4 is 5.32 Å². The summed E-state index contributed by atoms with van der Waals surface area (Å²) < 4.78 is 54.3. The molecule has 2 atom stereocenters. The van der Waals surface area contributed by atoms with Gasteiger partial charge in [0.25, 0.3) is 0 Å². The molecule has 0 spiro atoms. The highest BCUT2D eigenvalue weighted by atomic mass is 32.2. The molecule has 0 radical (unpaired) electrons. The maximum atomic E-state index is 13.8. The summed E-state index contributed by atoms with van der Waals surface area (Å²) in [7, 11) is -2.45. The van der Waals surface area contributed by atoms with Crippen molar-refractivity contribution in [1.29, 1.82) is 0 Å². The molecule has 35 heavy (non-hydrogen) atoms. The molecule has 1 aliphatic carbocycles. The number of pyridine rings is 1. The summed E-state index contributed by atoms with van der Waals surface area (Å²) in [6, 6.07) is 15.0. The largest absolute Gasteiger partial charge is 0.425 e. The average Bonchev–Trinajstić information content (AvgIpc) is 3.62. The van der Waals surface area contributed by atoms with Gasteiger partial charge in [-0.3, -0.25) is 9.00 Å². The van der Waals surface area contributed by atoms with Gasteiger partial charge < -0.3 is 10.4 Å². The van der Waals surface area contributed by atoms with Gasteiger partial charge in [-0.1, -0.05) is 48.5 Å². The van der Waals surface area contributed by atoms with Crippen molar-refractivity contribution >= 4 is 27.0 Å². The van der Waals surface area contributed by atoms with E-state index in [4.69, 9.17) is 0 Å². The van der Waals surface area contributed by atoms with Gasteiger partial charge in [0.15, 0.2) is 0 Å². The second kappa shape index (κ2) is 9.47. The lowest BCUT2D eigenvalue weighted by Crippen LogP contribution is -2.43. The number of halogens is 3. The van der Waals surface area contributed by atoms with Gasteiger partial charge in [0.1, 0.15) is 5.03 Å². The number of hydrogen-bond acceptors (Lipinski definition) is 4. The lowest BCUT2D eigenvalue weighted by atomic mass is 9.85. The van der Waals surface area contributed by atoms with Crippen LogP contribution in [0.25, 0.3) is 0 Å². The van der Waals surface area contributed by atoms with Crippen LogP contribution in [0.4, 0.5) is 18.9 Å². The number of rotatable bonds is 8. The van der Waals surface area contributed by atoms with Crippen LogP contribution in [0, 0.1) is 5.92 Å². The van der Waals surface area contributed by atoms with Crippen molar-refractivity contribution in [2.45, 2.75) is 36.1 Å². The normalized spacial score (nSPS) is 17.3. The minimum Gasteiger partial charge on any atom is -0.372 e. The van der Waals surface area contributed by atoms with E-state index in [1.165, 1.54) is 42.6 Å². The standard InChI is InChI=1S/C26H25F3N2O3S/c1-35(34,17-18-7-8-18)24-14-9-19(16-30-24)15-23(32)31-22-12-10-21(11-13-22)25(33,26(27,28)29)20-5-3-2-4-6-20/h2-6,9-14,16,18,33H,1,7-8,15,17H2,(H,31,32). The van der Waals surface area contributed by atoms with E-state index in [0.29, 0.717) is 22.3 Å². The Morgan fingerprint density at radius 2 is 1.66 bits per heavy atom. The molecule has 1 heterocycles. The zero-order valence-electron chi connectivity index (χ0n) is 18.8. The lowest BCUT2D eigenvalue weighted by Gasteiger charge is -2.31. The molecule has 2 N–H and O–H groups in total. The van der Waals surface area contributed by atoms with E-state index in [0.717, 1.165) is 25.0 Å². The zero-order chi connectivity index (χ0) is 25.3. The van der Waals surface area contributed by atoms with Gasteiger partial charge >= 0.3 is 6.18 Å². The molecule has 4 rings (SSSR count). The zero-order valence-corrected chi connectivity index (χ0v) is 19.6. The summed E-state index contributed by atoms with van der Waals surface area (Å²) in [5.41, 5.74) is -2.97. The van der Waals surface area contributed by atoms with Crippen molar-refractivity contribution in [2.75, 3.05) is 11.1 Å². The van der Waals surface area contributed by atoms with E-state index in [-0.39, 0.29) is 23.2 Å². The topological polar surface area (TPSA) is 79.3 Å². The van der Waals surface area contributed by atoms with Crippen LogP contribution in [-0.4, -0.2) is 38.0 Å². The molecule has 1 saturated carbocycles. The third-order valence-corrected chi connectivity index (χ3v) is 7.95. The Balaban J connectivity index is 1.43. The number of carbonyl (C=O) groups excluding carboxylic acids is 1. The number of nitrogens with one attached hydrogen (secondary N) is 1. The van der Waals surface area contributed by atoms with E-state index in [2.05, 4.69) is 16.2 Å². The van der Waals surface area contributed by atoms with Crippen molar-refractivity contribution in [3.05, 3.63) is 89.6 Å². The SMILES string of the molecule is C=S(=O)(CC1CC1)c1ccc(CC(=O)Nc2ccc(C(O)(c3ccccc3)C(F)(F)F)cc2)cn1. The quantitative estimate of drug-likeness (QED) is 0.443. The van der Waals surface area contributed by atoms with Gasteiger partial charge in [0.2, 0.25) is 11.5 Å². The third-order valence-electron chi connectivity index (χ3n) is 5.93. The van der Waals surface area contributed by atoms with Crippen LogP contribution in [0.2, 0.25) is 0 Å². The highest BCUT2D eigenvalue weighted by Crippen LogP contribution is 2.44. The Hall–Kier alpha value is -3.17. The third kappa shape index (κ3) is 5.57. The Bertz CT molecular complexity index is 1290. The van der Waals surface area contributed by atoms with Crippen LogP contribution in [-0.2, 0) is 26.3 Å². The first-order valence-electron chi connectivity index (χ1n) is 11.0. The minimum atomic E-state index is -4.95. The van der Waals surface area contributed by atoms with Crippen molar-refractivity contribution in [2.24, 2.45) is 5.92 Å². The predicted molar refractivity (Wildman–Crippen MR) is 130 cm³/mol. The molecule has 9 heteroatoms. The molecule has 2 aromatic carbocycles. The first kappa shape index (κ1) is 24.9. The second-order valence-corrected chi connectivity index (χ2v) is 11.2. The molecule has 184 valence electrons. The van der Waals surface area contributed by atoms with Gasteiger partial charge in [-0.15, -0.1) is 0 Å². The summed E-state index contributed by atoms with van der Waals surface area (Å²) >= 11 is 0. The van der Waals surface area contributed by atoms with Crippen molar-refractivity contribution < 1.29 is 27.3 Å². The molecule has 0 bridgehead atoms. The first-order chi connectivity index (χ1) is 16.5. The summed E-state index contributed by atoms with van der Waals surface area (Å²) in [5, 5.41) is 13.7. The van der Waals surface area contributed by atoms with Gasteiger partial charge in [0.05, 0.1) is 6.42 Å². The van der Waals surface area contributed by atoms with E-state index < -0.39 is 27.2 Å². The number of hydrogen-bond donors (Lipinski definition) is 2. The molecule has 0 aliphatic heterocycles. The van der Waals surface area contributed by atoms with Crippen LogP contribution >= 0.6 is 0 Å². The molecule has 0 saturated heterocycles. The first-order valence-corrected chi connectivity index (χ1v) is 12.9. The van der Waals surface area contributed by atoms with Crippen LogP contribution in [0.15, 0.2) is 78.0 Å². The summed E-state index contributed by atoms with van der Waals surface area (Å²) in [5.74, 6) is 4.39. The van der Waals surface area contributed by atoms with Gasteiger partial charge in [0, 0.05) is 27.2 Å². The molecule has 1 aliphatic rings. The van der Waals surface area contributed by atoms with E-state index in [9.17, 15) is 27.3 Å². The van der Waals surface area contributed by atoms with E-state index in [1.807, 2.05) is 0 Å². The number of nitrogens with zero attached hydrogens (tertiary/aromatic N) is 1. The van der Waals surface area contributed by atoms with E-state index >= 15 is 0 Å². The van der Waals surface area contributed by atoms with Crippen LogP contribution in [0.1, 0.15) is 29.5 Å². The molecule has 3 aromatic rings. The fraction of sp³-hybridized carbons (Fsp3) is 0.269. The van der Waals surface area contributed by atoms with Crippen LogP contribution in [0.3, 0.4) is 0 Å². The minimum absolute atomic E-state index is 0.0213. The van der Waals surface area contributed by atoms with Gasteiger partial charge in [-0.05, 0) is 59.5 Å². The fourth-order valence-corrected chi connectivity index (χ4v) is 5.67. The summed E-state index contributed by atoms with van der Waals surface area (Å²) in [4.78, 5) is 16.7. The molecular formula is C26H25F3N2O3S. The number of anilines is 1. The lowest BCUT2D eigenvalue weighted by molar-refractivity contribution is -0.248. The smallest absolute Gasteiger partial charge is 0.372 e. The molecular weight excluding hydrogens is 477 g/mol. The highest BCUT2D eigenvalue weighted by Gasteiger charge is 2.56. The highest BCUT2D eigenvalue weighted by molar-refractivity contribution is 8.00. The maximum Gasteiger partial charge on any atom is 0.425 e. The molecule has 1 fully saturated rings. The molecule has 5 nitrogen and oxygen atoms in total. The second-order valence-electron chi connectivity index (χ2n) is 8.80. The van der Waals surface area contributed by atoms with Gasteiger partial charge in [-0.2, -0.15) is 13.2 Å². The number of alkyl halides is 3. The Morgan fingerprint density at radius 3 is 2.20 bits per heavy atom. The number of amides is 1. The molecule has 1 amide bonds. The maximum absolute atomic E-state index is 13.8. The van der Waals surface area contributed by atoms with Crippen molar-refractivity contribution in [3.8, 4) is 0 Å². The average molecular weight is 503 g/mol. The van der Waals surface area contributed by atoms with Crippen LogP contribution in [0.5, 0.6) is 0 Å². The van der Waals surface area contributed by atoms with Crippen molar-refractivity contribution in [1.82, 2.24) is 4.98 Å². The summed E-state index contributed by atoms with van der Waals surface area (Å²) in [6.07, 6.45) is -1.36. The Morgan fingerprint density at radius 1 is 1.03 bits per heavy atom. The van der Waals surface area contributed by atoms with Gasteiger partial charge in [-0.25, -0.2) is 4.98 Å².